The fourth-order valence-corrected chi connectivity index (χ4v) is 3.53. The molecule has 0 saturated carbocycles. The lowest BCUT2D eigenvalue weighted by molar-refractivity contribution is -0.111. The minimum absolute atomic E-state index is 0.0777. The van der Waals surface area contributed by atoms with Gasteiger partial charge in [-0.25, -0.2) is 14.4 Å². The van der Waals surface area contributed by atoms with Crippen LogP contribution >= 0.6 is 15.9 Å². The van der Waals surface area contributed by atoms with Gasteiger partial charge in [0.2, 0.25) is 11.9 Å². The smallest absolute Gasteiger partial charge is 0.248 e. The summed E-state index contributed by atoms with van der Waals surface area (Å²) in [6.07, 6.45) is 7.32. The summed E-state index contributed by atoms with van der Waals surface area (Å²) in [6, 6.07) is 8.96. The molecule has 0 spiro atoms. The number of benzene rings is 1. The Kier molecular flexibility index (Phi) is 8.21. The molecule has 4 rings (SSSR count). The first-order valence-corrected chi connectivity index (χ1v) is 12.0. The van der Waals surface area contributed by atoms with Gasteiger partial charge in [-0.05, 0) is 37.9 Å². The molecule has 1 aromatic carbocycles. The van der Waals surface area contributed by atoms with E-state index in [1.165, 1.54) is 6.07 Å². The van der Waals surface area contributed by atoms with Gasteiger partial charge in [-0.3, -0.25) is 9.48 Å². The highest BCUT2D eigenvalue weighted by atomic mass is 79.9. The third-order valence-electron chi connectivity index (χ3n) is 5.15. The summed E-state index contributed by atoms with van der Waals surface area (Å²) in [5.74, 6) is -0.262. The Morgan fingerprint density at radius 1 is 1.16 bits per heavy atom. The van der Waals surface area contributed by atoms with Crippen LogP contribution in [0.5, 0.6) is 0 Å². The molecule has 0 unspecified atom stereocenters. The van der Waals surface area contributed by atoms with Crippen molar-refractivity contribution in [1.29, 1.82) is 0 Å². The molecule has 0 aliphatic rings. The van der Waals surface area contributed by atoms with E-state index in [4.69, 9.17) is 0 Å². The molecule has 12 heteroatoms. The van der Waals surface area contributed by atoms with Crippen molar-refractivity contribution in [2.75, 3.05) is 36.6 Å². The normalized spacial score (nSPS) is 10.8. The number of aromatic nitrogens is 5. The number of amides is 1. The number of pyridine rings is 1. The summed E-state index contributed by atoms with van der Waals surface area (Å²) < 4.78 is 17.4. The molecule has 0 radical (unpaired) electrons. The number of halogens is 2. The van der Waals surface area contributed by atoms with Crippen LogP contribution in [-0.4, -0.2) is 56.2 Å². The average molecular weight is 566 g/mol. The maximum absolute atomic E-state index is 14.7. The lowest BCUT2D eigenvalue weighted by atomic mass is 10.1. The summed E-state index contributed by atoms with van der Waals surface area (Å²) in [7, 11) is 4.00. The molecule has 0 atom stereocenters. The predicted molar refractivity (Wildman–Crippen MR) is 146 cm³/mol. The van der Waals surface area contributed by atoms with Crippen LogP contribution in [0.4, 0.5) is 33.3 Å². The van der Waals surface area contributed by atoms with Gasteiger partial charge in [0.05, 0.1) is 30.3 Å². The first-order valence-electron chi connectivity index (χ1n) is 11.2. The van der Waals surface area contributed by atoms with Crippen LogP contribution in [0.25, 0.3) is 11.1 Å². The number of rotatable bonds is 10. The molecule has 0 aliphatic heterocycles. The number of carbonyl (C=O) groups excluding carboxylic acids is 1. The number of hydrogen-bond donors (Lipinski definition) is 3. The van der Waals surface area contributed by atoms with Gasteiger partial charge in [0, 0.05) is 35.0 Å². The van der Waals surface area contributed by atoms with Crippen molar-refractivity contribution >= 4 is 50.8 Å². The summed E-state index contributed by atoms with van der Waals surface area (Å²) in [5, 5.41) is 13.1. The molecule has 3 heterocycles. The summed E-state index contributed by atoms with van der Waals surface area (Å²) in [5.41, 5.74) is 2.26. The second kappa shape index (κ2) is 11.7. The van der Waals surface area contributed by atoms with Crippen molar-refractivity contribution in [3.8, 4) is 11.1 Å². The van der Waals surface area contributed by atoms with Crippen LogP contribution in [0, 0.1) is 5.82 Å². The molecule has 0 bridgehead atoms. The van der Waals surface area contributed by atoms with E-state index < -0.39 is 11.7 Å². The number of nitrogens with one attached hydrogen (secondary N) is 3. The predicted octanol–water partition coefficient (Wildman–Crippen LogP) is 4.81. The van der Waals surface area contributed by atoms with Gasteiger partial charge in [0.1, 0.15) is 11.6 Å². The standard InChI is InChI=1S/C25H25BrFN9O/c1-4-23(37)33-22-11-21(20(27)14-28-22)32-24-19(16-5-7-17(26)8-6-16)13-29-25(34-24)31-18-12-30-36(15-18)10-9-35(2)3/h4-8,11-15H,1,9-10H2,2-3H3,(H3,28,29,31,32,33,34,37). The Morgan fingerprint density at radius 3 is 2.68 bits per heavy atom. The van der Waals surface area contributed by atoms with Crippen molar-refractivity contribution in [3.63, 3.8) is 0 Å². The molecule has 0 saturated heterocycles. The van der Waals surface area contributed by atoms with Crippen molar-refractivity contribution in [2.24, 2.45) is 0 Å². The highest BCUT2D eigenvalue weighted by molar-refractivity contribution is 9.10. The number of nitrogens with zero attached hydrogens (tertiary/aromatic N) is 6. The van der Waals surface area contributed by atoms with Gasteiger partial charge in [-0.1, -0.05) is 34.6 Å². The number of anilines is 5. The Bertz CT molecular complexity index is 1410. The zero-order valence-electron chi connectivity index (χ0n) is 20.2. The molecule has 1 amide bonds. The highest BCUT2D eigenvalue weighted by Gasteiger charge is 2.14. The third kappa shape index (κ3) is 6.96. The number of likely N-dealkylation sites (N-methyl/N-ethyl adjacent to an activating group) is 1. The SMILES string of the molecule is C=CC(=O)Nc1cc(Nc2nc(Nc3cnn(CCN(C)C)c3)ncc2-c2ccc(Br)cc2)c(F)cn1. The van der Waals surface area contributed by atoms with Crippen molar-refractivity contribution < 1.29 is 9.18 Å². The summed E-state index contributed by atoms with van der Waals surface area (Å²) in [4.78, 5) is 26.7. The Morgan fingerprint density at radius 2 is 1.95 bits per heavy atom. The monoisotopic (exact) mass is 565 g/mol. The van der Waals surface area contributed by atoms with Crippen LogP contribution in [0.15, 0.2) is 72.2 Å². The van der Waals surface area contributed by atoms with E-state index in [9.17, 15) is 9.18 Å². The highest BCUT2D eigenvalue weighted by Crippen LogP contribution is 2.32. The van der Waals surface area contributed by atoms with Crippen molar-refractivity contribution in [3.05, 3.63) is 78.1 Å². The van der Waals surface area contributed by atoms with E-state index in [2.05, 4.69) is 63.4 Å². The van der Waals surface area contributed by atoms with E-state index in [1.807, 2.05) is 49.2 Å². The quantitative estimate of drug-likeness (QED) is 0.235. The molecule has 4 aromatic rings. The van der Waals surface area contributed by atoms with E-state index in [0.29, 0.717) is 23.0 Å². The van der Waals surface area contributed by atoms with E-state index >= 15 is 0 Å². The Balaban J connectivity index is 1.66. The van der Waals surface area contributed by atoms with Crippen LogP contribution < -0.4 is 16.0 Å². The summed E-state index contributed by atoms with van der Waals surface area (Å²) >= 11 is 3.44. The zero-order chi connectivity index (χ0) is 26.4. The van der Waals surface area contributed by atoms with Crippen LogP contribution in [0.3, 0.4) is 0 Å². The zero-order valence-corrected chi connectivity index (χ0v) is 21.8. The van der Waals surface area contributed by atoms with E-state index in [0.717, 1.165) is 35.4 Å². The van der Waals surface area contributed by atoms with Gasteiger partial charge < -0.3 is 20.9 Å². The van der Waals surface area contributed by atoms with Gasteiger partial charge in [0.15, 0.2) is 5.82 Å². The molecular weight excluding hydrogens is 541 g/mol. The maximum Gasteiger partial charge on any atom is 0.248 e. The largest absolute Gasteiger partial charge is 0.337 e. The Hall–Kier alpha value is -4.16. The van der Waals surface area contributed by atoms with Crippen LogP contribution in [0.1, 0.15) is 0 Å². The first kappa shape index (κ1) is 25.9. The fraction of sp³-hybridized carbons (Fsp3) is 0.160. The number of carbonyl (C=O) groups is 1. The van der Waals surface area contributed by atoms with E-state index in [1.54, 1.807) is 12.4 Å². The molecule has 3 N–H and O–H groups in total. The summed E-state index contributed by atoms with van der Waals surface area (Å²) in [6.45, 7) is 5.00. The second-order valence-electron chi connectivity index (χ2n) is 8.25. The lowest BCUT2D eigenvalue weighted by Gasteiger charge is -2.14. The fourth-order valence-electron chi connectivity index (χ4n) is 3.27. The molecule has 3 aromatic heterocycles. The maximum atomic E-state index is 14.7. The van der Waals surface area contributed by atoms with Crippen molar-refractivity contribution in [2.45, 2.75) is 6.54 Å². The Labute approximate surface area is 221 Å². The van der Waals surface area contributed by atoms with E-state index in [-0.39, 0.29) is 11.5 Å². The minimum atomic E-state index is -0.617. The first-order chi connectivity index (χ1) is 17.8. The van der Waals surface area contributed by atoms with Crippen LogP contribution in [-0.2, 0) is 11.3 Å². The van der Waals surface area contributed by atoms with Crippen LogP contribution in [0.2, 0.25) is 0 Å². The van der Waals surface area contributed by atoms with Gasteiger partial charge in [-0.15, -0.1) is 0 Å². The number of hydrogen-bond acceptors (Lipinski definition) is 8. The average Bonchev–Trinajstić information content (AvgIpc) is 3.33. The van der Waals surface area contributed by atoms with Gasteiger partial charge in [-0.2, -0.15) is 10.1 Å². The third-order valence-corrected chi connectivity index (χ3v) is 5.68. The van der Waals surface area contributed by atoms with Gasteiger partial charge in [0.25, 0.3) is 0 Å². The lowest BCUT2D eigenvalue weighted by Crippen LogP contribution is -2.18. The topological polar surface area (TPSA) is 113 Å². The minimum Gasteiger partial charge on any atom is -0.337 e. The molecular formula is C25H25BrFN9O. The van der Waals surface area contributed by atoms with Crippen molar-refractivity contribution in [1.82, 2.24) is 29.6 Å². The molecule has 10 nitrogen and oxygen atoms in total. The van der Waals surface area contributed by atoms with Gasteiger partial charge >= 0.3 is 0 Å². The molecule has 37 heavy (non-hydrogen) atoms. The molecule has 0 fully saturated rings. The molecule has 190 valence electrons. The second-order valence-corrected chi connectivity index (χ2v) is 9.17. The molecule has 0 aliphatic carbocycles.